The quantitative estimate of drug-likeness (QED) is 0.493. The van der Waals surface area contributed by atoms with E-state index in [1.54, 1.807) is 6.07 Å². The van der Waals surface area contributed by atoms with E-state index < -0.39 is 6.10 Å². The molecule has 0 bridgehead atoms. The zero-order valence-corrected chi connectivity index (χ0v) is 18.1. The maximum Gasteiger partial charge on any atom is 0.119 e. The number of unbranched alkanes of at least 4 members (excludes halogenated alkanes) is 1. The Labute approximate surface area is 178 Å². The van der Waals surface area contributed by atoms with Gasteiger partial charge in [0, 0.05) is 13.1 Å². The molecule has 0 saturated heterocycles. The Balaban J connectivity index is 1.85. The standard InChI is InChI=1S/C23H29Cl2NO2/c1-3-4-13-26(14-5-6-19-9-12-22(24)23(25)15-19)16-20(27)17-28-21-10-7-18(2)8-11-21/h5-12,15,20,27H,3-4,13-14,16-17H2,1-2H3. The fourth-order valence-electron chi connectivity index (χ4n) is 2.77. The minimum Gasteiger partial charge on any atom is -0.491 e. The van der Waals surface area contributed by atoms with Gasteiger partial charge in [0.2, 0.25) is 0 Å². The van der Waals surface area contributed by atoms with Gasteiger partial charge in [-0.25, -0.2) is 0 Å². The van der Waals surface area contributed by atoms with Crippen LogP contribution in [0.4, 0.5) is 0 Å². The van der Waals surface area contributed by atoms with E-state index in [1.807, 2.05) is 49.4 Å². The number of benzene rings is 2. The predicted molar refractivity (Wildman–Crippen MR) is 120 cm³/mol. The molecule has 5 heteroatoms. The van der Waals surface area contributed by atoms with E-state index in [1.165, 1.54) is 5.56 Å². The lowest BCUT2D eigenvalue weighted by atomic mass is 10.2. The number of rotatable bonds is 11. The Morgan fingerprint density at radius 2 is 1.86 bits per heavy atom. The van der Waals surface area contributed by atoms with Crippen molar-refractivity contribution in [1.82, 2.24) is 4.90 Å². The van der Waals surface area contributed by atoms with Crippen LogP contribution in [0.15, 0.2) is 48.5 Å². The van der Waals surface area contributed by atoms with E-state index in [4.69, 9.17) is 27.9 Å². The van der Waals surface area contributed by atoms with Crippen LogP contribution in [0.1, 0.15) is 30.9 Å². The zero-order chi connectivity index (χ0) is 20.4. The molecule has 0 fully saturated rings. The van der Waals surface area contributed by atoms with Crippen molar-refractivity contribution in [3.8, 4) is 5.75 Å². The van der Waals surface area contributed by atoms with E-state index >= 15 is 0 Å². The molecule has 0 saturated carbocycles. The number of ether oxygens (including phenoxy) is 1. The number of halogens is 2. The summed E-state index contributed by atoms with van der Waals surface area (Å²) >= 11 is 12.0. The van der Waals surface area contributed by atoms with E-state index in [-0.39, 0.29) is 6.61 Å². The van der Waals surface area contributed by atoms with E-state index in [9.17, 15) is 5.11 Å². The van der Waals surface area contributed by atoms with Gasteiger partial charge in [0.15, 0.2) is 0 Å². The number of aliphatic hydroxyl groups is 1. The third-order valence-corrected chi connectivity index (χ3v) is 5.12. The summed E-state index contributed by atoms with van der Waals surface area (Å²) in [6.07, 6.45) is 5.77. The Kier molecular flexibility index (Phi) is 9.86. The van der Waals surface area contributed by atoms with Gasteiger partial charge in [-0.1, -0.05) is 72.5 Å². The van der Waals surface area contributed by atoms with Gasteiger partial charge in [0.25, 0.3) is 0 Å². The maximum atomic E-state index is 10.4. The minimum atomic E-state index is -0.545. The van der Waals surface area contributed by atoms with Crippen molar-refractivity contribution < 1.29 is 9.84 Å². The summed E-state index contributed by atoms with van der Waals surface area (Å²) in [6, 6.07) is 13.4. The summed E-state index contributed by atoms with van der Waals surface area (Å²) in [4.78, 5) is 2.24. The second kappa shape index (κ2) is 12.1. The first kappa shape index (κ1) is 22.8. The lowest BCUT2D eigenvalue weighted by molar-refractivity contribution is 0.0715. The Morgan fingerprint density at radius 1 is 1.11 bits per heavy atom. The molecule has 0 heterocycles. The van der Waals surface area contributed by atoms with Crippen molar-refractivity contribution in [2.75, 3.05) is 26.2 Å². The SMILES string of the molecule is CCCCN(CC=Cc1ccc(Cl)c(Cl)c1)CC(O)COc1ccc(C)cc1. The third-order valence-electron chi connectivity index (χ3n) is 4.38. The van der Waals surface area contributed by atoms with Crippen molar-refractivity contribution in [3.63, 3.8) is 0 Å². The number of hydrogen-bond acceptors (Lipinski definition) is 3. The fraction of sp³-hybridized carbons (Fsp3) is 0.391. The highest BCUT2D eigenvalue weighted by Gasteiger charge is 2.11. The van der Waals surface area contributed by atoms with Crippen LogP contribution in [0.5, 0.6) is 5.75 Å². The molecule has 3 nitrogen and oxygen atoms in total. The molecule has 0 aliphatic rings. The van der Waals surface area contributed by atoms with Gasteiger partial charge in [0.1, 0.15) is 18.5 Å². The van der Waals surface area contributed by atoms with Crippen molar-refractivity contribution in [1.29, 1.82) is 0 Å². The highest BCUT2D eigenvalue weighted by atomic mass is 35.5. The summed E-state index contributed by atoms with van der Waals surface area (Å²) in [5, 5.41) is 11.5. The molecule has 0 radical (unpaired) electrons. The van der Waals surface area contributed by atoms with Gasteiger partial charge in [0.05, 0.1) is 10.0 Å². The minimum absolute atomic E-state index is 0.280. The molecule has 2 rings (SSSR count). The molecule has 1 N–H and O–H groups in total. The molecule has 152 valence electrons. The van der Waals surface area contributed by atoms with E-state index in [2.05, 4.69) is 17.9 Å². The summed E-state index contributed by atoms with van der Waals surface area (Å²) in [7, 11) is 0. The van der Waals surface area contributed by atoms with Gasteiger partial charge < -0.3 is 9.84 Å². The fourth-order valence-corrected chi connectivity index (χ4v) is 3.08. The van der Waals surface area contributed by atoms with Crippen molar-refractivity contribution in [3.05, 3.63) is 69.7 Å². The molecular weight excluding hydrogens is 393 g/mol. The molecule has 1 unspecified atom stereocenters. The summed E-state index contributed by atoms with van der Waals surface area (Å²) in [5.74, 6) is 0.782. The van der Waals surface area contributed by atoms with Crippen LogP contribution in [0.2, 0.25) is 10.0 Å². The summed E-state index contributed by atoms with van der Waals surface area (Å²) in [6.45, 7) is 6.74. The second-order valence-electron chi connectivity index (χ2n) is 6.97. The molecular formula is C23H29Cl2NO2. The molecule has 0 aliphatic carbocycles. The monoisotopic (exact) mass is 421 g/mol. The smallest absolute Gasteiger partial charge is 0.119 e. The Bertz CT molecular complexity index is 747. The normalized spacial score (nSPS) is 12.6. The zero-order valence-electron chi connectivity index (χ0n) is 16.6. The third kappa shape index (κ3) is 8.24. The van der Waals surface area contributed by atoms with Crippen LogP contribution in [0.25, 0.3) is 6.08 Å². The summed E-state index contributed by atoms with van der Waals surface area (Å²) < 4.78 is 5.70. The van der Waals surface area contributed by atoms with Gasteiger partial charge in [-0.2, -0.15) is 0 Å². The molecule has 2 aromatic carbocycles. The number of hydrogen-bond donors (Lipinski definition) is 1. The Hall–Kier alpha value is -1.52. The number of aliphatic hydroxyl groups excluding tert-OH is 1. The molecule has 0 amide bonds. The van der Waals surface area contributed by atoms with Crippen molar-refractivity contribution in [2.24, 2.45) is 0 Å². The lowest BCUT2D eigenvalue weighted by Gasteiger charge is -2.24. The van der Waals surface area contributed by atoms with E-state index in [0.29, 0.717) is 16.6 Å². The van der Waals surface area contributed by atoms with Crippen LogP contribution >= 0.6 is 23.2 Å². The predicted octanol–water partition coefficient (Wildman–Crippen LogP) is 5.86. The van der Waals surface area contributed by atoms with Crippen LogP contribution < -0.4 is 4.74 Å². The van der Waals surface area contributed by atoms with Gasteiger partial charge in [-0.05, 0) is 49.7 Å². The van der Waals surface area contributed by atoms with Gasteiger partial charge in [-0.3, -0.25) is 4.90 Å². The molecule has 0 spiro atoms. The van der Waals surface area contributed by atoms with Crippen LogP contribution in [-0.2, 0) is 0 Å². The maximum absolute atomic E-state index is 10.4. The van der Waals surface area contributed by atoms with Crippen molar-refractivity contribution >= 4 is 29.3 Å². The molecule has 2 aromatic rings. The average molecular weight is 422 g/mol. The van der Waals surface area contributed by atoms with Crippen LogP contribution in [-0.4, -0.2) is 42.4 Å². The lowest BCUT2D eigenvalue weighted by Crippen LogP contribution is -2.36. The first-order valence-corrected chi connectivity index (χ1v) is 10.4. The first-order valence-electron chi connectivity index (χ1n) is 9.69. The van der Waals surface area contributed by atoms with E-state index in [0.717, 1.165) is 37.2 Å². The molecule has 0 aromatic heterocycles. The molecule has 28 heavy (non-hydrogen) atoms. The highest BCUT2D eigenvalue weighted by Crippen LogP contribution is 2.23. The number of aryl methyl sites for hydroxylation is 1. The first-order chi connectivity index (χ1) is 13.5. The average Bonchev–Trinajstić information content (AvgIpc) is 2.68. The van der Waals surface area contributed by atoms with Crippen LogP contribution in [0, 0.1) is 6.92 Å². The topological polar surface area (TPSA) is 32.7 Å². The number of nitrogens with zero attached hydrogens (tertiary/aromatic N) is 1. The van der Waals surface area contributed by atoms with Crippen LogP contribution in [0.3, 0.4) is 0 Å². The van der Waals surface area contributed by atoms with Crippen molar-refractivity contribution in [2.45, 2.75) is 32.8 Å². The highest BCUT2D eigenvalue weighted by molar-refractivity contribution is 6.42. The van der Waals surface area contributed by atoms with Gasteiger partial charge in [-0.15, -0.1) is 0 Å². The largest absolute Gasteiger partial charge is 0.491 e. The van der Waals surface area contributed by atoms with Gasteiger partial charge >= 0.3 is 0 Å². The summed E-state index contributed by atoms with van der Waals surface area (Å²) in [5.41, 5.74) is 2.19. The Morgan fingerprint density at radius 3 is 2.54 bits per heavy atom. The molecule has 0 aliphatic heterocycles. The molecule has 1 atom stereocenters. The second-order valence-corrected chi connectivity index (χ2v) is 7.78.